The number of aliphatic carboxylic acids is 1. The predicted octanol–water partition coefficient (Wildman–Crippen LogP) is 6.00. The third-order valence-corrected chi connectivity index (χ3v) is 9.14. The number of nitrogens with one attached hydrogen (secondary N) is 1. The van der Waals surface area contributed by atoms with Gasteiger partial charge in [-0.15, -0.1) is 0 Å². The average molecular weight is 640 g/mol. The number of nitrogens with zero attached hydrogens (tertiary/aromatic N) is 6. The molecule has 1 aromatic carbocycles. The molecule has 2 aliphatic rings. The van der Waals surface area contributed by atoms with Gasteiger partial charge in [0.15, 0.2) is 16.8 Å². The minimum Gasteiger partial charge on any atom is -0.481 e. The molecule has 0 aliphatic carbocycles. The summed E-state index contributed by atoms with van der Waals surface area (Å²) < 4.78 is 70.8. The SMILES string of the molecule is CC[C@@H]1CCCN1Cc1sc(Nc2ncnc(N3CCN(CCC(=O)O)[C@@H](C)C3)c2F)nc1-c1cc(F)cc(C(F)(F)F)c1. The Labute approximate surface area is 255 Å². The topological polar surface area (TPSA) is 97.7 Å². The summed E-state index contributed by atoms with van der Waals surface area (Å²) in [5.74, 6) is -2.69. The molecule has 0 radical (unpaired) electrons. The van der Waals surface area contributed by atoms with Crippen LogP contribution in [0.25, 0.3) is 11.3 Å². The van der Waals surface area contributed by atoms with Gasteiger partial charge in [-0.25, -0.2) is 19.3 Å². The second-order valence-electron chi connectivity index (χ2n) is 11.2. The van der Waals surface area contributed by atoms with Crippen molar-refractivity contribution in [2.75, 3.05) is 42.9 Å². The van der Waals surface area contributed by atoms with Gasteiger partial charge in [0.25, 0.3) is 0 Å². The van der Waals surface area contributed by atoms with Crippen molar-refractivity contribution >= 4 is 34.1 Å². The number of alkyl halides is 3. The van der Waals surface area contributed by atoms with Crippen LogP contribution in [0.1, 0.15) is 50.0 Å². The van der Waals surface area contributed by atoms with E-state index in [1.807, 2.05) is 11.8 Å². The minimum absolute atomic E-state index is 0.0116. The molecule has 0 saturated carbocycles. The molecule has 9 nitrogen and oxygen atoms in total. The van der Waals surface area contributed by atoms with E-state index in [9.17, 15) is 22.4 Å². The van der Waals surface area contributed by atoms with Crippen molar-refractivity contribution in [1.82, 2.24) is 24.8 Å². The first-order chi connectivity index (χ1) is 20.9. The highest BCUT2D eigenvalue weighted by Gasteiger charge is 2.33. The number of likely N-dealkylation sites (tertiary alicyclic amines) is 1. The van der Waals surface area contributed by atoms with Crippen molar-refractivity contribution in [1.29, 1.82) is 0 Å². The Morgan fingerprint density at radius 1 is 1.14 bits per heavy atom. The number of rotatable bonds is 10. The number of carboxylic acids is 1. The maximum absolute atomic E-state index is 15.8. The fourth-order valence-electron chi connectivity index (χ4n) is 5.91. The number of anilines is 3. The van der Waals surface area contributed by atoms with Crippen LogP contribution < -0.4 is 10.2 Å². The lowest BCUT2D eigenvalue weighted by Crippen LogP contribution is -2.52. The van der Waals surface area contributed by atoms with Crippen LogP contribution in [0, 0.1) is 11.6 Å². The molecule has 2 saturated heterocycles. The van der Waals surface area contributed by atoms with Crippen LogP contribution in [-0.2, 0) is 17.5 Å². The molecule has 0 amide bonds. The standard InChI is InChI=1S/C29H34F5N7O2S/c1-3-21-5-4-7-40(21)15-22-25(18-11-19(29(32,33)34)13-20(30)12-18)37-28(44-22)38-26-24(31)27(36-16-35-26)41-10-9-39(17(2)14-41)8-6-23(42)43/h11-13,16-17,21H,3-10,14-15H2,1-2H3,(H,42,43)(H,35,36,37,38)/t17-,21+/m0/s1. The van der Waals surface area contributed by atoms with Crippen LogP contribution in [0.3, 0.4) is 0 Å². The highest BCUT2D eigenvalue weighted by molar-refractivity contribution is 7.16. The molecular formula is C29H34F5N7O2S. The van der Waals surface area contributed by atoms with E-state index in [1.165, 1.54) is 6.33 Å². The molecule has 0 bridgehead atoms. The maximum Gasteiger partial charge on any atom is 0.416 e. The van der Waals surface area contributed by atoms with Gasteiger partial charge in [0.05, 0.1) is 17.7 Å². The average Bonchev–Trinajstić information content (AvgIpc) is 3.59. The Kier molecular flexibility index (Phi) is 9.65. The normalized spacial score (nSPS) is 19.9. The highest BCUT2D eigenvalue weighted by Crippen LogP contribution is 2.39. The van der Waals surface area contributed by atoms with Crippen molar-refractivity contribution in [3.05, 3.63) is 46.6 Å². The van der Waals surface area contributed by atoms with Crippen molar-refractivity contribution in [2.24, 2.45) is 0 Å². The molecule has 5 rings (SSSR count). The Balaban J connectivity index is 1.42. The largest absolute Gasteiger partial charge is 0.481 e. The summed E-state index contributed by atoms with van der Waals surface area (Å²) in [6, 6.07) is 2.64. The van der Waals surface area contributed by atoms with Gasteiger partial charge in [0.2, 0.25) is 5.82 Å². The molecule has 3 aromatic rings. The van der Waals surface area contributed by atoms with E-state index in [2.05, 4.69) is 32.1 Å². The Morgan fingerprint density at radius 2 is 1.93 bits per heavy atom. The number of benzene rings is 1. The smallest absolute Gasteiger partial charge is 0.416 e. The van der Waals surface area contributed by atoms with Gasteiger partial charge in [0.1, 0.15) is 12.1 Å². The summed E-state index contributed by atoms with van der Waals surface area (Å²) in [5.41, 5.74) is -0.926. The summed E-state index contributed by atoms with van der Waals surface area (Å²) in [6.45, 7) is 7.02. The number of hydrogen-bond acceptors (Lipinski definition) is 9. The lowest BCUT2D eigenvalue weighted by Gasteiger charge is -2.40. The van der Waals surface area contributed by atoms with E-state index in [1.54, 1.807) is 4.90 Å². The second kappa shape index (κ2) is 13.3. The van der Waals surface area contributed by atoms with Crippen molar-refractivity contribution in [3.8, 4) is 11.3 Å². The lowest BCUT2D eigenvalue weighted by molar-refractivity contribution is -0.138. The highest BCUT2D eigenvalue weighted by atomic mass is 32.1. The molecule has 2 aromatic heterocycles. The minimum atomic E-state index is -4.74. The number of halogens is 5. The summed E-state index contributed by atoms with van der Waals surface area (Å²) in [5, 5.41) is 12.1. The zero-order valence-corrected chi connectivity index (χ0v) is 25.2. The first-order valence-electron chi connectivity index (χ1n) is 14.5. The second-order valence-corrected chi connectivity index (χ2v) is 12.2. The number of thiazole rings is 1. The van der Waals surface area contributed by atoms with Crippen LogP contribution in [0.4, 0.5) is 38.7 Å². The van der Waals surface area contributed by atoms with Gasteiger partial charge < -0.3 is 15.3 Å². The summed E-state index contributed by atoms with van der Waals surface area (Å²) in [7, 11) is 0. The van der Waals surface area contributed by atoms with E-state index in [0.29, 0.717) is 49.7 Å². The zero-order chi connectivity index (χ0) is 31.6. The predicted molar refractivity (Wildman–Crippen MR) is 157 cm³/mol. The Morgan fingerprint density at radius 3 is 2.64 bits per heavy atom. The van der Waals surface area contributed by atoms with Gasteiger partial charge in [0, 0.05) is 55.2 Å². The molecule has 2 N–H and O–H groups in total. The zero-order valence-electron chi connectivity index (χ0n) is 24.4. The molecule has 0 spiro atoms. The van der Waals surface area contributed by atoms with Crippen molar-refractivity contribution in [3.63, 3.8) is 0 Å². The number of hydrogen-bond donors (Lipinski definition) is 2. The van der Waals surface area contributed by atoms with E-state index in [-0.39, 0.29) is 40.5 Å². The van der Waals surface area contributed by atoms with E-state index < -0.39 is 29.3 Å². The molecule has 238 valence electrons. The van der Waals surface area contributed by atoms with E-state index in [4.69, 9.17) is 5.11 Å². The molecule has 44 heavy (non-hydrogen) atoms. The third kappa shape index (κ3) is 7.26. The van der Waals surface area contributed by atoms with Gasteiger partial charge >= 0.3 is 12.1 Å². The summed E-state index contributed by atoms with van der Waals surface area (Å²) in [4.78, 5) is 30.4. The van der Waals surface area contributed by atoms with Crippen LogP contribution in [0.2, 0.25) is 0 Å². The first kappa shape index (κ1) is 32.0. The molecule has 0 unspecified atom stereocenters. The van der Waals surface area contributed by atoms with Crippen molar-refractivity contribution < 1.29 is 31.9 Å². The lowest BCUT2D eigenvalue weighted by atomic mass is 10.1. The van der Waals surface area contributed by atoms with Gasteiger partial charge in [-0.05, 0) is 50.9 Å². The van der Waals surface area contributed by atoms with Crippen LogP contribution in [0.5, 0.6) is 0 Å². The van der Waals surface area contributed by atoms with Crippen LogP contribution in [0.15, 0.2) is 24.5 Å². The monoisotopic (exact) mass is 639 g/mol. The van der Waals surface area contributed by atoms with Crippen LogP contribution >= 0.6 is 11.3 Å². The number of carbonyl (C=O) groups is 1. The Bertz CT molecular complexity index is 1490. The number of aromatic nitrogens is 3. The molecule has 2 atom stereocenters. The molecule has 4 heterocycles. The molecule has 2 aliphatic heterocycles. The van der Waals surface area contributed by atoms with Gasteiger partial charge in [-0.2, -0.15) is 17.6 Å². The number of piperazine rings is 1. The fourth-order valence-corrected chi connectivity index (χ4v) is 6.92. The third-order valence-electron chi connectivity index (χ3n) is 8.19. The van der Waals surface area contributed by atoms with Gasteiger partial charge in [-0.1, -0.05) is 18.3 Å². The van der Waals surface area contributed by atoms with Crippen LogP contribution in [-0.4, -0.2) is 80.6 Å². The Hall–Kier alpha value is -3.43. The molecule has 15 heteroatoms. The quantitative estimate of drug-likeness (QED) is 0.259. The van der Waals surface area contributed by atoms with Gasteiger partial charge in [-0.3, -0.25) is 14.6 Å². The fraction of sp³-hybridized carbons (Fsp3) is 0.517. The van der Waals surface area contributed by atoms with Crippen molar-refractivity contribution in [2.45, 2.75) is 64.3 Å². The van der Waals surface area contributed by atoms with E-state index in [0.717, 1.165) is 49.3 Å². The summed E-state index contributed by atoms with van der Waals surface area (Å²) >= 11 is 1.16. The van der Waals surface area contributed by atoms with E-state index >= 15 is 4.39 Å². The molecular weight excluding hydrogens is 605 g/mol. The first-order valence-corrected chi connectivity index (χ1v) is 15.3. The summed E-state index contributed by atoms with van der Waals surface area (Å²) in [6.07, 6.45) is -0.584. The maximum atomic E-state index is 15.8. The number of carboxylic acid groups (broad SMARTS) is 1. The molecule has 2 fully saturated rings.